The van der Waals surface area contributed by atoms with E-state index in [9.17, 15) is 19.2 Å². The maximum atomic E-state index is 13.1. The molecule has 288 valence electrons. The molecule has 0 radical (unpaired) electrons. The number of ether oxygens (including phenoxy) is 4. The van der Waals surface area contributed by atoms with E-state index in [0.717, 1.165) is 11.1 Å². The van der Waals surface area contributed by atoms with Crippen molar-refractivity contribution in [2.75, 3.05) is 80.8 Å². The van der Waals surface area contributed by atoms with Crippen LogP contribution in [-0.4, -0.2) is 133 Å². The molecule has 0 atom stereocenters. The average Bonchev–Trinajstić information content (AvgIpc) is 3.60. The molecule has 1 N–H and O–H groups in total. The van der Waals surface area contributed by atoms with E-state index in [1.807, 2.05) is 17.0 Å². The number of benzene rings is 2. The molecule has 0 unspecified atom stereocenters. The van der Waals surface area contributed by atoms with E-state index >= 15 is 0 Å². The fourth-order valence-corrected chi connectivity index (χ4v) is 8.61. The predicted molar refractivity (Wildman–Crippen MR) is 219 cm³/mol. The van der Waals surface area contributed by atoms with Gasteiger partial charge in [0.1, 0.15) is 8.64 Å². The molecule has 3 saturated heterocycles. The second kappa shape index (κ2) is 19.4. The van der Waals surface area contributed by atoms with Crippen LogP contribution in [0.5, 0.6) is 23.0 Å². The molecule has 0 bridgehead atoms. The van der Waals surface area contributed by atoms with Gasteiger partial charge in [-0.2, -0.15) is 0 Å². The Morgan fingerprint density at radius 3 is 1.70 bits per heavy atom. The van der Waals surface area contributed by atoms with Gasteiger partial charge < -0.3 is 29.2 Å². The Bertz CT molecular complexity index is 1850. The van der Waals surface area contributed by atoms with Gasteiger partial charge in [-0.25, -0.2) is 0 Å². The highest BCUT2D eigenvalue weighted by Crippen LogP contribution is 2.36. The number of hydrogen-bond donors (Lipinski definition) is 1. The minimum Gasteiger partial charge on any atom is -0.493 e. The zero-order valence-corrected chi connectivity index (χ0v) is 33.9. The summed E-state index contributed by atoms with van der Waals surface area (Å²) in [6, 6.07) is 10.8. The summed E-state index contributed by atoms with van der Waals surface area (Å²) in [7, 11) is 6.23. The fraction of sp³-hybridized carbons (Fsp3) is 0.405. The normalized spacial score (nSPS) is 17.9. The van der Waals surface area contributed by atoms with Crippen LogP contribution in [0.2, 0.25) is 0 Å². The summed E-state index contributed by atoms with van der Waals surface area (Å²) in [5.74, 6) is 1.79. The Morgan fingerprint density at radius 1 is 0.704 bits per heavy atom. The number of piperazine rings is 1. The first-order chi connectivity index (χ1) is 26.0. The first-order valence-corrected chi connectivity index (χ1v) is 19.7. The van der Waals surface area contributed by atoms with Crippen LogP contribution in [0.25, 0.3) is 12.2 Å². The first kappa shape index (κ1) is 41.0. The lowest BCUT2D eigenvalue weighted by Crippen LogP contribution is -2.50. The number of carbonyl (C=O) groups is 4. The Labute approximate surface area is 334 Å². The summed E-state index contributed by atoms with van der Waals surface area (Å²) >= 11 is 13.4. The summed E-state index contributed by atoms with van der Waals surface area (Å²) in [6.07, 6.45) is 4.47. The average molecular weight is 814 g/mol. The summed E-state index contributed by atoms with van der Waals surface area (Å²) in [4.78, 5) is 59.8. The van der Waals surface area contributed by atoms with Crippen molar-refractivity contribution in [3.63, 3.8) is 0 Å². The van der Waals surface area contributed by atoms with Crippen molar-refractivity contribution in [1.82, 2.24) is 24.9 Å². The van der Waals surface area contributed by atoms with Crippen molar-refractivity contribution in [2.24, 2.45) is 0 Å². The standard InChI is InChI=1S/C37H43N5O8S4/c1-47-26-9-7-24(20-28(26)49-3)22-30-34(45)41(36(51)53-30)13-5-6-33(44)40-18-16-39(17-19-40)15-12-38-32(43)11-14-42-35(46)31(54-37(42)52)23-25-8-10-27(48-2)29(21-25)50-4/h7-10,20-23H,5-6,11-19H2,1-4H3,(H,38,43). The monoisotopic (exact) mass is 813 g/mol. The number of thiocarbonyl (C=S) groups is 2. The van der Waals surface area contributed by atoms with Gasteiger partial charge in [-0.15, -0.1) is 0 Å². The second-order valence-electron chi connectivity index (χ2n) is 12.3. The summed E-state index contributed by atoms with van der Waals surface area (Å²) < 4.78 is 22.2. The summed E-state index contributed by atoms with van der Waals surface area (Å²) in [6.45, 7) is 4.23. The van der Waals surface area contributed by atoms with Crippen LogP contribution in [0.15, 0.2) is 46.2 Å². The van der Waals surface area contributed by atoms with E-state index in [2.05, 4.69) is 10.2 Å². The van der Waals surface area contributed by atoms with E-state index in [4.69, 9.17) is 43.4 Å². The van der Waals surface area contributed by atoms with E-state index in [1.165, 1.54) is 28.4 Å². The Kier molecular flexibility index (Phi) is 14.8. The molecular weight excluding hydrogens is 771 g/mol. The topological polar surface area (TPSA) is 130 Å². The largest absolute Gasteiger partial charge is 0.493 e. The van der Waals surface area contributed by atoms with Crippen molar-refractivity contribution in [3.05, 3.63) is 57.3 Å². The third-order valence-corrected chi connectivity index (χ3v) is 11.7. The third-order valence-electron chi connectivity index (χ3n) is 8.97. The van der Waals surface area contributed by atoms with Crippen LogP contribution in [0.1, 0.15) is 30.4 Å². The van der Waals surface area contributed by atoms with Gasteiger partial charge in [-0.1, -0.05) is 60.1 Å². The van der Waals surface area contributed by atoms with Gasteiger partial charge in [0, 0.05) is 65.2 Å². The number of carbonyl (C=O) groups excluding carboxylic acids is 4. The van der Waals surface area contributed by atoms with Gasteiger partial charge in [-0.05, 0) is 54.0 Å². The SMILES string of the molecule is COc1ccc(C=C2SC(=S)N(CCCC(=O)N3CCN(CCNC(=O)CCN4C(=O)C(=Cc5ccc(OC)c(OC)c5)SC4=S)CC3)C2=O)cc1OC. The fourth-order valence-electron chi connectivity index (χ4n) is 6.00. The number of hydrogen-bond acceptors (Lipinski definition) is 13. The number of methoxy groups -OCH3 is 4. The van der Waals surface area contributed by atoms with Gasteiger partial charge in [0.05, 0.1) is 38.2 Å². The zero-order valence-electron chi connectivity index (χ0n) is 30.6. The minimum atomic E-state index is -0.235. The molecule has 54 heavy (non-hydrogen) atoms. The maximum Gasteiger partial charge on any atom is 0.266 e. The quantitative estimate of drug-likeness (QED) is 0.192. The van der Waals surface area contributed by atoms with E-state index in [-0.39, 0.29) is 36.6 Å². The van der Waals surface area contributed by atoms with Gasteiger partial charge in [0.15, 0.2) is 23.0 Å². The lowest BCUT2D eigenvalue weighted by molar-refractivity contribution is -0.133. The van der Waals surface area contributed by atoms with Crippen molar-refractivity contribution >= 4 is 92.4 Å². The van der Waals surface area contributed by atoms with Gasteiger partial charge in [-0.3, -0.25) is 33.9 Å². The van der Waals surface area contributed by atoms with Crippen molar-refractivity contribution in [3.8, 4) is 23.0 Å². The van der Waals surface area contributed by atoms with Gasteiger partial charge in [0.25, 0.3) is 11.8 Å². The molecule has 2 aromatic carbocycles. The molecule has 3 aliphatic heterocycles. The first-order valence-electron chi connectivity index (χ1n) is 17.3. The highest BCUT2D eigenvalue weighted by Gasteiger charge is 2.33. The second-order valence-corrected chi connectivity index (χ2v) is 15.7. The number of amides is 4. The molecule has 0 aliphatic carbocycles. The Morgan fingerprint density at radius 2 is 1.20 bits per heavy atom. The number of rotatable bonds is 16. The number of nitrogens with zero attached hydrogens (tertiary/aromatic N) is 4. The maximum absolute atomic E-state index is 13.1. The molecule has 3 heterocycles. The smallest absolute Gasteiger partial charge is 0.266 e. The lowest BCUT2D eigenvalue weighted by atomic mass is 10.2. The molecule has 0 aromatic heterocycles. The number of nitrogens with one attached hydrogen (secondary N) is 1. The summed E-state index contributed by atoms with van der Waals surface area (Å²) in [5.41, 5.74) is 1.56. The molecule has 5 rings (SSSR count). The van der Waals surface area contributed by atoms with Crippen LogP contribution in [0.4, 0.5) is 0 Å². The predicted octanol–water partition coefficient (Wildman–Crippen LogP) is 4.25. The van der Waals surface area contributed by atoms with E-state index < -0.39 is 0 Å². The Hall–Kier alpha value is -4.16. The van der Waals surface area contributed by atoms with Crippen LogP contribution < -0.4 is 24.3 Å². The zero-order chi connectivity index (χ0) is 38.8. The molecular formula is C37H43N5O8S4. The molecule has 0 spiro atoms. The highest BCUT2D eigenvalue weighted by atomic mass is 32.2. The van der Waals surface area contributed by atoms with E-state index in [1.54, 1.807) is 69.8 Å². The van der Waals surface area contributed by atoms with E-state index in [0.29, 0.717) is 100 Å². The minimum absolute atomic E-state index is 0.0449. The van der Waals surface area contributed by atoms with Gasteiger partial charge in [0.2, 0.25) is 11.8 Å². The van der Waals surface area contributed by atoms with Crippen LogP contribution >= 0.6 is 48.0 Å². The van der Waals surface area contributed by atoms with Crippen molar-refractivity contribution in [2.45, 2.75) is 19.3 Å². The van der Waals surface area contributed by atoms with Gasteiger partial charge >= 0.3 is 0 Å². The number of thioether (sulfide) groups is 2. The summed E-state index contributed by atoms with van der Waals surface area (Å²) in [5, 5.41) is 2.93. The molecule has 13 nitrogen and oxygen atoms in total. The Balaban J connectivity index is 0.973. The third kappa shape index (κ3) is 10.3. The van der Waals surface area contributed by atoms with Crippen LogP contribution in [-0.2, 0) is 19.2 Å². The van der Waals surface area contributed by atoms with Crippen molar-refractivity contribution < 1.29 is 38.1 Å². The molecule has 0 saturated carbocycles. The van der Waals surface area contributed by atoms with Crippen molar-refractivity contribution in [1.29, 1.82) is 0 Å². The molecule has 4 amide bonds. The highest BCUT2D eigenvalue weighted by molar-refractivity contribution is 8.27. The molecule has 17 heteroatoms. The molecule has 3 fully saturated rings. The van der Waals surface area contributed by atoms with Crippen LogP contribution in [0, 0.1) is 0 Å². The lowest BCUT2D eigenvalue weighted by Gasteiger charge is -2.35. The molecule has 2 aromatic rings. The molecule has 3 aliphatic rings. The van der Waals surface area contributed by atoms with Crippen LogP contribution in [0.3, 0.4) is 0 Å².